The van der Waals surface area contributed by atoms with Crippen LogP contribution in [-0.4, -0.2) is 29.4 Å². The van der Waals surface area contributed by atoms with Crippen molar-refractivity contribution in [2.24, 2.45) is 11.8 Å². The second kappa shape index (κ2) is 6.91. The molecule has 0 saturated heterocycles. The number of nitrogens with zero attached hydrogens (tertiary/aromatic N) is 2. The van der Waals surface area contributed by atoms with Gasteiger partial charge in [0, 0.05) is 29.6 Å². The first-order chi connectivity index (χ1) is 11.2. The zero-order valence-electron chi connectivity index (χ0n) is 15.6. The first kappa shape index (κ1) is 18.4. The normalized spacial score (nSPS) is 18.2. The standard InChI is InChI=1S/C19H29N3O2/c1-7-13(4)17(23)21-15(12(2)3)18(24)22-11-19(5,6)14-9-8-10-20-16(14)22/h8-10,12-13,15H,7,11H2,1-6H3,(H,21,23)/t13-,15+/m1/s1. The molecule has 0 saturated carbocycles. The van der Waals surface area contributed by atoms with E-state index in [0.717, 1.165) is 17.8 Å². The molecule has 1 aliphatic heterocycles. The fourth-order valence-corrected chi connectivity index (χ4v) is 3.04. The van der Waals surface area contributed by atoms with Crippen LogP contribution >= 0.6 is 0 Å². The van der Waals surface area contributed by atoms with Gasteiger partial charge in [-0.25, -0.2) is 4.98 Å². The third-order valence-corrected chi connectivity index (χ3v) is 4.88. The van der Waals surface area contributed by atoms with Crippen LogP contribution in [0.15, 0.2) is 18.3 Å². The van der Waals surface area contributed by atoms with E-state index in [1.165, 1.54) is 0 Å². The van der Waals surface area contributed by atoms with Gasteiger partial charge in [0.1, 0.15) is 11.9 Å². The zero-order chi connectivity index (χ0) is 18.1. The van der Waals surface area contributed by atoms with E-state index in [0.29, 0.717) is 6.54 Å². The number of nitrogens with one attached hydrogen (secondary N) is 1. The molecule has 0 aromatic carbocycles. The average molecular weight is 331 g/mol. The van der Waals surface area contributed by atoms with Crippen molar-refractivity contribution < 1.29 is 9.59 Å². The SMILES string of the molecule is CC[C@@H](C)C(=O)N[C@H](C(=O)N1CC(C)(C)c2cccnc21)C(C)C. The summed E-state index contributed by atoms with van der Waals surface area (Å²) in [5.41, 5.74) is 0.940. The number of rotatable bonds is 5. The van der Waals surface area contributed by atoms with Crippen LogP contribution < -0.4 is 10.2 Å². The molecular formula is C19H29N3O2. The lowest BCUT2D eigenvalue weighted by Gasteiger charge is -2.28. The molecular weight excluding hydrogens is 302 g/mol. The van der Waals surface area contributed by atoms with E-state index < -0.39 is 6.04 Å². The maximum atomic E-state index is 13.2. The van der Waals surface area contributed by atoms with Crippen molar-refractivity contribution in [3.63, 3.8) is 0 Å². The van der Waals surface area contributed by atoms with Gasteiger partial charge in [0.05, 0.1) is 0 Å². The van der Waals surface area contributed by atoms with E-state index in [4.69, 9.17) is 0 Å². The molecule has 5 heteroatoms. The molecule has 2 amide bonds. The van der Waals surface area contributed by atoms with Gasteiger partial charge >= 0.3 is 0 Å². The Morgan fingerprint density at radius 3 is 2.58 bits per heavy atom. The van der Waals surface area contributed by atoms with Crippen LogP contribution in [-0.2, 0) is 15.0 Å². The smallest absolute Gasteiger partial charge is 0.251 e. The van der Waals surface area contributed by atoms with Gasteiger partial charge < -0.3 is 5.32 Å². The lowest BCUT2D eigenvalue weighted by Crippen LogP contribution is -2.52. The molecule has 0 aliphatic carbocycles. The van der Waals surface area contributed by atoms with E-state index in [1.54, 1.807) is 11.1 Å². The van der Waals surface area contributed by atoms with Crippen LogP contribution in [0.4, 0.5) is 5.82 Å². The minimum absolute atomic E-state index is 0.0152. The van der Waals surface area contributed by atoms with Crippen molar-refractivity contribution in [1.29, 1.82) is 0 Å². The molecule has 2 rings (SSSR count). The number of aromatic nitrogens is 1. The molecule has 0 bridgehead atoms. The third kappa shape index (κ3) is 3.45. The summed E-state index contributed by atoms with van der Waals surface area (Å²) in [7, 11) is 0. The highest BCUT2D eigenvalue weighted by molar-refractivity contribution is 6.00. The largest absolute Gasteiger partial charge is 0.344 e. The number of hydrogen-bond acceptors (Lipinski definition) is 3. The molecule has 2 atom stereocenters. The Kier molecular flexibility index (Phi) is 5.31. The number of carbonyl (C=O) groups excluding carboxylic acids is 2. The van der Waals surface area contributed by atoms with Gasteiger partial charge in [-0.15, -0.1) is 0 Å². The second-order valence-electron chi connectivity index (χ2n) is 7.72. The van der Waals surface area contributed by atoms with Crippen LogP contribution in [0.1, 0.15) is 53.5 Å². The molecule has 1 aliphatic rings. The number of fused-ring (bicyclic) bond motifs is 1. The van der Waals surface area contributed by atoms with Gasteiger partial charge in [0.2, 0.25) is 5.91 Å². The molecule has 0 spiro atoms. The summed E-state index contributed by atoms with van der Waals surface area (Å²) in [6, 6.07) is 3.40. The average Bonchev–Trinajstić information content (AvgIpc) is 2.82. The number of anilines is 1. The molecule has 1 aromatic heterocycles. The number of hydrogen-bond donors (Lipinski definition) is 1. The summed E-state index contributed by atoms with van der Waals surface area (Å²) in [6.45, 7) is 12.6. The topological polar surface area (TPSA) is 62.3 Å². The maximum Gasteiger partial charge on any atom is 0.251 e. The summed E-state index contributed by atoms with van der Waals surface area (Å²) in [6.07, 6.45) is 2.47. The molecule has 5 nitrogen and oxygen atoms in total. The van der Waals surface area contributed by atoms with Crippen molar-refractivity contribution in [3.05, 3.63) is 23.9 Å². The monoisotopic (exact) mass is 331 g/mol. The molecule has 0 fully saturated rings. The fourth-order valence-electron chi connectivity index (χ4n) is 3.04. The zero-order valence-corrected chi connectivity index (χ0v) is 15.6. The van der Waals surface area contributed by atoms with Gasteiger partial charge in [-0.3, -0.25) is 14.5 Å². The number of pyridine rings is 1. The summed E-state index contributed by atoms with van der Waals surface area (Å²) in [5.74, 6) is 0.494. The van der Waals surface area contributed by atoms with Gasteiger partial charge in [-0.2, -0.15) is 0 Å². The van der Waals surface area contributed by atoms with Crippen LogP contribution in [0.3, 0.4) is 0 Å². The maximum absolute atomic E-state index is 13.2. The number of carbonyl (C=O) groups is 2. The second-order valence-corrected chi connectivity index (χ2v) is 7.72. The van der Waals surface area contributed by atoms with E-state index in [-0.39, 0.29) is 29.1 Å². The van der Waals surface area contributed by atoms with E-state index in [9.17, 15) is 9.59 Å². The Morgan fingerprint density at radius 2 is 2.00 bits per heavy atom. The van der Waals surface area contributed by atoms with Crippen molar-refractivity contribution in [1.82, 2.24) is 10.3 Å². The summed E-state index contributed by atoms with van der Waals surface area (Å²) in [5, 5.41) is 2.94. The van der Waals surface area contributed by atoms with Crippen LogP contribution in [0.2, 0.25) is 0 Å². The van der Waals surface area contributed by atoms with Crippen molar-refractivity contribution in [2.75, 3.05) is 11.4 Å². The highest BCUT2D eigenvalue weighted by atomic mass is 16.2. The Balaban J connectivity index is 2.27. The minimum atomic E-state index is -0.532. The third-order valence-electron chi connectivity index (χ3n) is 4.88. The first-order valence-corrected chi connectivity index (χ1v) is 8.76. The van der Waals surface area contributed by atoms with Crippen LogP contribution in [0.5, 0.6) is 0 Å². The fraction of sp³-hybridized carbons (Fsp3) is 0.632. The number of amides is 2. The molecule has 0 unspecified atom stereocenters. The lowest BCUT2D eigenvalue weighted by molar-refractivity contribution is -0.130. The quantitative estimate of drug-likeness (QED) is 0.902. The molecule has 1 aromatic rings. The highest BCUT2D eigenvalue weighted by Crippen LogP contribution is 2.39. The van der Waals surface area contributed by atoms with Crippen molar-refractivity contribution >= 4 is 17.6 Å². The molecule has 0 radical (unpaired) electrons. The summed E-state index contributed by atoms with van der Waals surface area (Å²) >= 11 is 0. The van der Waals surface area contributed by atoms with E-state index in [2.05, 4.69) is 24.1 Å². The molecule has 2 heterocycles. The Hall–Kier alpha value is -1.91. The van der Waals surface area contributed by atoms with Gasteiger partial charge in [-0.05, 0) is 18.4 Å². The Labute approximate surface area is 144 Å². The highest BCUT2D eigenvalue weighted by Gasteiger charge is 2.41. The predicted molar refractivity (Wildman–Crippen MR) is 95.8 cm³/mol. The van der Waals surface area contributed by atoms with Gasteiger partial charge in [0.15, 0.2) is 0 Å². The molecule has 24 heavy (non-hydrogen) atoms. The lowest BCUT2D eigenvalue weighted by atomic mass is 9.88. The van der Waals surface area contributed by atoms with Gasteiger partial charge in [0.25, 0.3) is 5.91 Å². The van der Waals surface area contributed by atoms with Crippen molar-refractivity contribution in [3.8, 4) is 0 Å². The van der Waals surface area contributed by atoms with E-state index >= 15 is 0 Å². The summed E-state index contributed by atoms with van der Waals surface area (Å²) < 4.78 is 0. The van der Waals surface area contributed by atoms with Crippen LogP contribution in [0.25, 0.3) is 0 Å². The molecule has 1 N–H and O–H groups in total. The summed E-state index contributed by atoms with van der Waals surface area (Å²) in [4.78, 5) is 31.6. The van der Waals surface area contributed by atoms with Crippen molar-refractivity contribution in [2.45, 2.75) is 59.4 Å². The first-order valence-electron chi connectivity index (χ1n) is 8.76. The van der Waals surface area contributed by atoms with E-state index in [1.807, 2.05) is 39.8 Å². The molecule has 132 valence electrons. The predicted octanol–water partition coefficient (Wildman–Crippen LogP) is 2.89. The Bertz CT molecular complexity index is 625. The Morgan fingerprint density at radius 1 is 1.33 bits per heavy atom. The minimum Gasteiger partial charge on any atom is -0.344 e. The van der Waals surface area contributed by atoms with Crippen LogP contribution in [0, 0.1) is 11.8 Å². The van der Waals surface area contributed by atoms with Gasteiger partial charge in [-0.1, -0.05) is 47.6 Å².